The van der Waals surface area contributed by atoms with Crippen LogP contribution in [0.3, 0.4) is 0 Å². The van der Waals surface area contributed by atoms with Gasteiger partial charge in [0.25, 0.3) is 10.0 Å². The van der Waals surface area contributed by atoms with E-state index in [1.165, 1.54) is 12.1 Å². The van der Waals surface area contributed by atoms with Gasteiger partial charge in [0, 0.05) is 11.2 Å². The first-order valence-electron chi connectivity index (χ1n) is 7.09. The molecule has 0 aliphatic heterocycles. The summed E-state index contributed by atoms with van der Waals surface area (Å²) in [5.41, 5.74) is -0.397. The van der Waals surface area contributed by atoms with Crippen LogP contribution in [0, 0.1) is 12.3 Å². The van der Waals surface area contributed by atoms with Crippen molar-refractivity contribution in [2.75, 3.05) is 4.72 Å². The molecular weight excluding hydrogens is 332 g/mol. The Labute approximate surface area is 141 Å². The molecule has 130 valence electrons. The van der Waals surface area contributed by atoms with Gasteiger partial charge in [0.05, 0.1) is 6.42 Å². The third kappa shape index (κ3) is 6.30. The molecule has 2 N–H and O–H groups in total. The molecule has 0 spiro atoms. The topological polar surface area (TPSA) is 102 Å². The Hall–Kier alpha value is -2.53. The Morgan fingerprint density at radius 3 is 2.33 bits per heavy atom. The largest absolute Gasteiger partial charge is 0.436 e. The van der Waals surface area contributed by atoms with E-state index in [4.69, 9.17) is 11.2 Å². The summed E-state index contributed by atoms with van der Waals surface area (Å²) in [6.07, 6.45) is 2.26. The average Bonchev–Trinajstić information content (AvgIpc) is 2.44. The van der Waals surface area contributed by atoms with Gasteiger partial charge in [-0.3, -0.25) is 9.52 Å². The van der Waals surface area contributed by atoms with E-state index in [2.05, 4.69) is 16.0 Å². The van der Waals surface area contributed by atoms with E-state index in [-0.39, 0.29) is 12.1 Å². The number of terminal acetylenes is 1. The highest BCUT2D eigenvalue weighted by atomic mass is 32.2. The number of amides is 1. The van der Waals surface area contributed by atoms with Gasteiger partial charge in [0.1, 0.15) is 0 Å². The number of carbonyl (C=O) groups excluding carboxylic acids is 2. The Bertz CT molecular complexity index is 730. The van der Waals surface area contributed by atoms with Gasteiger partial charge >= 0.3 is 11.2 Å². The maximum Gasteiger partial charge on any atom is 0.408 e. The zero-order valence-electron chi connectivity index (χ0n) is 13.7. The molecule has 1 aromatic carbocycles. The van der Waals surface area contributed by atoms with E-state index in [1.54, 1.807) is 39.0 Å². The fourth-order valence-electron chi connectivity index (χ4n) is 1.63. The standard InChI is InChI=1S/C16H20N2O5S/c1-5-9-13(23-15(20)17-16(2,3)4)14(19)24(21,22)18-12-10-7-6-8-11-12/h1,6-8,10-11,13,18H,9H2,2-4H3,(H,17,20)/t13-/m0/s1. The van der Waals surface area contributed by atoms with Crippen LogP contribution in [-0.4, -0.2) is 31.3 Å². The molecular formula is C16H20N2O5S. The minimum absolute atomic E-state index is 0.212. The van der Waals surface area contributed by atoms with E-state index in [1.807, 2.05) is 0 Å². The van der Waals surface area contributed by atoms with Gasteiger partial charge in [-0.25, -0.2) is 4.79 Å². The predicted octanol–water partition coefficient (Wildman–Crippen LogP) is 1.87. The quantitative estimate of drug-likeness (QED) is 0.788. The number of anilines is 1. The maximum atomic E-state index is 12.2. The Morgan fingerprint density at radius 2 is 1.83 bits per heavy atom. The predicted molar refractivity (Wildman–Crippen MR) is 90.6 cm³/mol. The number of para-hydroxylation sites is 1. The SMILES string of the molecule is C#CC[C@H](OC(=O)NC(C)(C)C)C(=O)S(=O)(=O)Nc1ccccc1. The van der Waals surface area contributed by atoms with Crippen molar-refractivity contribution in [2.24, 2.45) is 0 Å². The first-order chi connectivity index (χ1) is 11.0. The molecule has 0 heterocycles. The maximum absolute atomic E-state index is 12.2. The number of sulfonamides is 1. The lowest BCUT2D eigenvalue weighted by molar-refractivity contribution is -0.119. The fraction of sp³-hybridized carbons (Fsp3) is 0.375. The number of hydrogen-bond acceptors (Lipinski definition) is 5. The molecule has 7 nitrogen and oxygen atoms in total. The molecule has 0 aliphatic carbocycles. The normalized spacial score (nSPS) is 12.6. The molecule has 1 aromatic rings. The van der Waals surface area contributed by atoms with Crippen LogP contribution in [0.1, 0.15) is 27.2 Å². The lowest BCUT2D eigenvalue weighted by Crippen LogP contribution is -2.44. The summed E-state index contributed by atoms with van der Waals surface area (Å²) >= 11 is 0. The van der Waals surface area contributed by atoms with Crippen LogP contribution < -0.4 is 10.0 Å². The van der Waals surface area contributed by atoms with Crippen molar-refractivity contribution < 1.29 is 22.7 Å². The molecule has 1 amide bonds. The van der Waals surface area contributed by atoms with Gasteiger partial charge < -0.3 is 10.1 Å². The number of hydrogen-bond donors (Lipinski definition) is 2. The summed E-state index contributed by atoms with van der Waals surface area (Å²) < 4.78 is 31.3. The number of alkyl carbamates (subject to hydrolysis) is 1. The summed E-state index contributed by atoms with van der Waals surface area (Å²) in [5, 5.41) is 1.16. The van der Waals surface area contributed by atoms with Gasteiger partial charge in [-0.1, -0.05) is 18.2 Å². The molecule has 0 radical (unpaired) electrons. The highest BCUT2D eigenvalue weighted by Crippen LogP contribution is 2.13. The molecule has 1 rings (SSSR count). The molecule has 0 aliphatic rings. The summed E-state index contributed by atoms with van der Waals surface area (Å²) in [6.45, 7) is 5.12. The van der Waals surface area contributed by atoms with Crippen molar-refractivity contribution in [3.63, 3.8) is 0 Å². The number of rotatable bonds is 5. The van der Waals surface area contributed by atoms with E-state index in [0.717, 1.165) is 0 Å². The second kappa shape index (κ2) is 7.84. The molecule has 8 heteroatoms. The lowest BCUT2D eigenvalue weighted by atomic mass is 10.1. The van der Waals surface area contributed by atoms with E-state index < -0.39 is 32.9 Å². The van der Waals surface area contributed by atoms with Crippen LogP contribution in [0.15, 0.2) is 30.3 Å². The van der Waals surface area contributed by atoms with Gasteiger partial charge in [-0.2, -0.15) is 8.42 Å². The van der Waals surface area contributed by atoms with Gasteiger partial charge in [0.15, 0.2) is 6.10 Å². The summed E-state index contributed by atoms with van der Waals surface area (Å²) in [5.74, 6) is 2.13. The molecule has 0 bridgehead atoms. The van der Waals surface area contributed by atoms with Gasteiger partial charge in [-0.05, 0) is 32.9 Å². The first-order valence-corrected chi connectivity index (χ1v) is 8.57. The number of nitrogens with one attached hydrogen (secondary N) is 2. The minimum Gasteiger partial charge on any atom is -0.436 e. The molecule has 0 aromatic heterocycles. The van der Waals surface area contributed by atoms with Crippen molar-refractivity contribution in [3.8, 4) is 12.3 Å². The van der Waals surface area contributed by atoms with Crippen molar-refractivity contribution >= 4 is 26.9 Å². The van der Waals surface area contributed by atoms with Crippen molar-refractivity contribution in [1.82, 2.24) is 5.32 Å². The van der Waals surface area contributed by atoms with E-state index in [9.17, 15) is 18.0 Å². The van der Waals surface area contributed by atoms with Crippen molar-refractivity contribution in [2.45, 2.75) is 38.8 Å². The summed E-state index contributed by atoms with van der Waals surface area (Å²) in [7, 11) is -4.41. The number of benzene rings is 1. The Morgan fingerprint density at radius 1 is 1.25 bits per heavy atom. The van der Waals surface area contributed by atoms with Gasteiger partial charge in [0.2, 0.25) is 0 Å². The average molecular weight is 352 g/mol. The highest BCUT2D eigenvalue weighted by Gasteiger charge is 2.34. The van der Waals surface area contributed by atoms with Crippen LogP contribution in [0.25, 0.3) is 0 Å². The first kappa shape index (κ1) is 19.5. The second-order valence-electron chi connectivity index (χ2n) is 5.97. The molecule has 1 atom stereocenters. The third-order valence-corrected chi connectivity index (χ3v) is 3.88. The minimum atomic E-state index is -4.41. The van der Waals surface area contributed by atoms with Crippen LogP contribution in [0.4, 0.5) is 10.5 Å². The van der Waals surface area contributed by atoms with Gasteiger partial charge in [-0.15, -0.1) is 12.3 Å². The molecule has 0 saturated heterocycles. The van der Waals surface area contributed by atoms with Crippen LogP contribution in [-0.2, 0) is 19.6 Å². The molecule has 0 saturated carbocycles. The fourth-order valence-corrected chi connectivity index (χ4v) is 2.65. The molecule has 0 fully saturated rings. The zero-order valence-corrected chi connectivity index (χ0v) is 14.5. The monoisotopic (exact) mass is 352 g/mol. The summed E-state index contributed by atoms with van der Waals surface area (Å²) in [6, 6.07) is 7.87. The summed E-state index contributed by atoms with van der Waals surface area (Å²) in [4.78, 5) is 24.0. The van der Waals surface area contributed by atoms with Crippen LogP contribution in [0.5, 0.6) is 0 Å². The lowest BCUT2D eigenvalue weighted by Gasteiger charge is -2.22. The van der Waals surface area contributed by atoms with E-state index in [0.29, 0.717) is 0 Å². The smallest absolute Gasteiger partial charge is 0.408 e. The highest BCUT2D eigenvalue weighted by molar-refractivity contribution is 8.07. The van der Waals surface area contributed by atoms with E-state index >= 15 is 0 Å². The number of carbonyl (C=O) groups is 2. The Balaban J connectivity index is 2.89. The van der Waals surface area contributed by atoms with Crippen LogP contribution >= 0.6 is 0 Å². The number of ether oxygens (including phenoxy) is 1. The van der Waals surface area contributed by atoms with Crippen LogP contribution in [0.2, 0.25) is 0 Å². The Kier molecular flexibility index (Phi) is 6.37. The third-order valence-electron chi connectivity index (χ3n) is 2.58. The molecule has 24 heavy (non-hydrogen) atoms. The van der Waals surface area contributed by atoms with Crippen molar-refractivity contribution in [1.29, 1.82) is 0 Å². The zero-order chi connectivity index (χ0) is 18.4. The molecule has 0 unspecified atom stereocenters. The van der Waals surface area contributed by atoms with Crippen molar-refractivity contribution in [3.05, 3.63) is 30.3 Å². The second-order valence-corrected chi connectivity index (χ2v) is 7.58.